The van der Waals surface area contributed by atoms with Crippen LogP contribution in [0.4, 0.5) is 0 Å². The molecule has 102 valence electrons. The molecule has 3 N–H and O–H groups in total. The zero-order chi connectivity index (χ0) is 13.2. The van der Waals surface area contributed by atoms with Gasteiger partial charge in [-0.15, -0.1) is 0 Å². The van der Waals surface area contributed by atoms with E-state index in [1.807, 2.05) is 6.92 Å². The van der Waals surface area contributed by atoms with Gasteiger partial charge in [0.1, 0.15) is 0 Å². The number of aliphatic carboxylic acids is 1. The van der Waals surface area contributed by atoms with Crippen molar-refractivity contribution in [2.45, 2.75) is 45.1 Å². The molecule has 1 saturated heterocycles. The average Bonchev–Trinajstić information content (AvgIpc) is 2.67. The van der Waals surface area contributed by atoms with E-state index in [0.717, 1.165) is 32.2 Å². The van der Waals surface area contributed by atoms with Crippen LogP contribution in [0.1, 0.15) is 39.0 Å². The summed E-state index contributed by atoms with van der Waals surface area (Å²) in [5.41, 5.74) is -0.184. The van der Waals surface area contributed by atoms with Gasteiger partial charge in [0, 0.05) is 12.6 Å². The molecule has 18 heavy (non-hydrogen) atoms. The number of hydrogen-bond donors (Lipinski definition) is 3. The Bertz CT molecular complexity index is 339. The minimum absolute atomic E-state index is 0.0342. The molecule has 1 aliphatic heterocycles. The lowest BCUT2D eigenvalue weighted by Crippen LogP contribution is -2.46. The molecular weight excluding hydrogens is 232 g/mol. The van der Waals surface area contributed by atoms with Gasteiger partial charge in [-0.25, -0.2) is 0 Å². The van der Waals surface area contributed by atoms with Crippen molar-refractivity contribution in [1.29, 1.82) is 0 Å². The fourth-order valence-electron chi connectivity index (χ4n) is 3.04. The molecule has 1 saturated carbocycles. The monoisotopic (exact) mass is 254 g/mol. The van der Waals surface area contributed by atoms with Gasteiger partial charge in [-0.1, -0.05) is 6.42 Å². The molecule has 0 aromatic carbocycles. The van der Waals surface area contributed by atoms with E-state index < -0.39 is 5.97 Å². The first kappa shape index (κ1) is 13.3. The molecule has 2 rings (SSSR count). The molecule has 5 nitrogen and oxygen atoms in total. The fraction of sp³-hybridized carbons (Fsp3) is 0.846. The summed E-state index contributed by atoms with van der Waals surface area (Å²) in [4.78, 5) is 22.9. The molecule has 0 aromatic rings. The second-order valence-corrected chi connectivity index (χ2v) is 5.78. The van der Waals surface area contributed by atoms with Crippen LogP contribution in [0.15, 0.2) is 0 Å². The molecule has 1 amide bonds. The molecule has 1 aliphatic carbocycles. The average molecular weight is 254 g/mol. The van der Waals surface area contributed by atoms with Crippen molar-refractivity contribution in [1.82, 2.24) is 10.6 Å². The highest BCUT2D eigenvalue weighted by molar-refractivity contribution is 5.79. The Morgan fingerprint density at radius 2 is 2.17 bits per heavy atom. The zero-order valence-electron chi connectivity index (χ0n) is 10.9. The Hall–Kier alpha value is -1.10. The van der Waals surface area contributed by atoms with Crippen LogP contribution in [0.2, 0.25) is 0 Å². The third-order valence-corrected chi connectivity index (χ3v) is 4.44. The van der Waals surface area contributed by atoms with Crippen LogP contribution < -0.4 is 10.6 Å². The number of amides is 1. The van der Waals surface area contributed by atoms with E-state index in [0.29, 0.717) is 6.54 Å². The first-order valence-electron chi connectivity index (χ1n) is 6.75. The lowest BCUT2D eigenvalue weighted by Gasteiger charge is -2.41. The van der Waals surface area contributed by atoms with Crippen molar-refractivity contribution in [2.75, 3.05) is 13.1 Å². The minimum Gasteiger partial charge on any atom is -0.481 e. The van der Waals surface area contributed by atoms with Gasteiger partial charge in [-0.3, -0.25) is 9.59 Å². The molecule has 0 bridgehead atoms. The Labute approximate surface area is 107 Å². The van der Waals surface area contributed by atoms with Crippen molar-refractivity contribution in [3.05, 3.63) is 0 Å². The lowest BCUT2D eigenvalue weighted by molar-refractivity contribution is -0.142. The van der Waals surface area contributed by atoms with Crippen molar-refractivity contribution in [3.8, 4) is 0 Å². The first-order chi connectivity index (χ1) is 8.52. The standard InChI is InChI=1S/C13H22N2O3/c1-9-10(3-6-14-9)12(18)15-8-13(4-2-5-13)7-11(16)17/h9-10,14H,2-8H2,1H3,(H,15,18)(H,16,17). The van der Waals surface area contributed by atoms with Gasteiger partial charge >= 0.3 is 5.97 Å². The molecule has 1 heterocycles. The number of carbonyl (C=O) groups excluding carboxylic acids is 1. The predicted molar refractivity (Wildman–Crippen MR) is 67.1 cm³/mol. The maximum absolute atomic E-state index is 12.0. The summed E-state index contributed by atoms with van der Waals surface area (Å²) in [5.74, 6) is -0.657. The maximum atomic E-state index is 12.0. The van der Waals surface area contributed by atoms with E-state index in [9.17, 15) is 9.59 Å². The summed E-state index contributed by atoms with van der Waals surface area (Å²) in [5, 5.41) is 15.1. The number of carbonyl (C=O) groups is 2. The molecule has 2 aliphatic rings. The normalized spacial score (nSPS) is 29.6. The van der Waals surface area contributed by atoms with Crippen molar-refractivity contribution >= 4 is 11.9 Å². The smallest absolute Gasteiger partial charge is 0.303 e. The molecule has 0 aromatic heterocycles. The van der Waals surface area contributed by atoms with Crippen molar-refractivity contribution in [3.63, 3.8) is 0 Å². The number of carboxylic acids is 1. The molecular formula is C13H22N2O3. The van der Waals surface area contributed by atoms with Crippen LogP contribution in [0.3, 0.4) is 0 Å². The van der Waals surface area contributed by atoms with Crippen LogP contribution >= 0.6 is 0 Å². The molecule has 0 spiro atoms. The minimum atomic E-state index is -0.764. The molecule has 0 radical (unpaired) electrons. The number of carboxylic acid groups (broad SMARTS) is 1. The Balaban J connectivity index is 1.82. The SMILES string of the molecule is CC1NCCC1C(=O)NCC1(CC(=O)O)CCC1. The summed E-state index contributed by atoms with van der Waals surface area (Å²) in [6, 6.07) is 0.224. The molecule has 2 fully saturated rings. The van der Waals surface area contributed by atoms with Gasteiger partial charge in [0.25, 0.3) is 0 Å². The topological polar surface area (TPSA) is 78.4 Å². The highest BCUT2D eigenvalue weighted by atomic mass is 16.4. The van der Waals surface area contributed by atoms with Crippen molar-refractivity contribution in [2.24, 2.45) is 11.3 Å². The summed E-state index contributed by atoms with van der Waals surface area (Å²) < 4.78 is 0. The van der Waals surface area contributed by atoms with Crippen LogP contribution in [-0.4, -0.2) is 36.1 Å². The van der Waals surface area contributed by atoms with Crippen LogP contribution in [0, 0.1) is 11.3 Å². The molecule has 2 atom stereocenters. The van der Waals surface area contributed by atoms with E-state index in [1.165, 1.54) is 0 Å². The third kappa shape index (κ3) is 2.83. The zero-order valence-corrected chi connectivity index (χ0v) is 10.9. The van der Waals surface area contributed by atoms with E-state index >= 15 is 0 Å². The van der Waals surface area contributed by atoms with E-state index in [-0.39, 0.29) is 29.7 Å². The first-order valence-corrected chi connectivity index (χ1v) is 6.75. The van der Waals surface area contributed by atoms with Crippen LogP contribution in [0.5, 0.6) is 0 Å². The van der Waals surface area contributed by atoms with Gasteiger partial charge in [0.2, 0.25) is 5.91 Å². The quantitative estimate of drug-likeness (QED) is 0.676. The number of hydrogen-bond acceptors (Lipinski definition) is 3. The highest BCUT2D eigenvalue weighted by Crippen LogP contribution is 2.43. The lowest BCUT2D eigenvalue weighted by atomic mass is 9.66. The van der Waals surface area contributed by atoms with Gasteiger partial charge in [-0.05, 0) is 38.1 Å². The summed E-state index contributed by atoms with van der Waals surface area (Å²) in [6.07, 6.45) is 3.95. The molecule has 2 unspecified atom stereocenters. The molecule has 5 heteroatoms. The fourth-order valence-corrected chi connectivity index (χ4v) is 3.04. The third-order valence-electron chi connectivity index (χ3n) is 4.44. The number of nitrogens with one attached hydrogen (secondary N) is 2. The Kier molecular flexibility index (Phi) is 3.90. The van der Waals surface area contributed by atoms with E-state index in [4.69, 9.17) is 5.11 Å². The van der Waals surface area contributed by atoms with Crippen LogP contribution in [0.25, 0.3) is 0 Å². The van der Waals surface area contributed by atoms with Gasteiger partial charge in [-0.2, -0.15) is 0 Å². The Morgan fingerprint density at radius 3 is 2.61 bits per heavy atom. The second kappa shape index (κ2) is 5.26. The van der Waals surface area contributed by atoms with Crippen LogP contribution in [-0.2, 0) is 9.59 Å². The maximum Gasteiger partial charge on any atom is 0.303 e. The van der Waals surface area contributed by atoms with Gasteiger partial charge < -0.3 is 15.7 Å². The van der Waals surface area contributed by atoms with E-state index in [1.54, 1.807) is 0 Å². The summed E-state index contributed by atoms with van der Waals surface area (Å²) in [6.45, 7) is 3.43. The highest BCUT2D eigenvalue weighted by Gasteiger charge is 2.40. The van der Waals surface area contributed by atoms with E-state index in [2.05, 4.69) is 10.6 Å². The van der Waals surface area contributed by atoms with Gasteiger partial charge in [0.15, 0.2) is 0 Å². The van der Waals surface area contributed by atoms with Gasteiger partial charge in [0.05, 0.1) is 12.3 Å². The number of rotatable bonds is 5. The predicted octanol–water partition coefficient (Wildman–Crippen LogP) is 0.746. The largest absolute Gasteiger partial charge is 0.481 e. The Morgan fingerprint density at radius 1 is 1.44 bits per heavy atom. The second-order valence-electron chi connectivity index (χ2n) is 5.78. The van der Waals surface area contributed by atoms with Crippen molar-refractivity contribution < 1.29 is 14.7 Å². The summed E-state index contributed by atoms with van der Waals surface area (Å²) >= 11 is 0. The summed E-state index contributed by atoms with van der Waals surface area (Å²) in [7, 11) is 0.